The Morgan fingerprint density at radius 1 is 1.07 bits per heavy atom. The van der Waals surface area contributed by atoms with Crippen molar-refractivity contribution >= 4 is 11.0 Å². The van der Waals surface area contributed by atoms with Crippen LogP contribution in [0.3, 0.4) is 0 Å². The number of rotatable bonds is 5. The molecule has 0 N–H and O–H groups in total. The van der Waals surface area contributed by atoms with E-state index in [9.17, 15) is 8.78 Å². The number of aromatic nitrogens is 3. The standard InChI is InChI=1S/C23H19F2N3O2/c1-29-22-11-7-15(13-26-22)14-6-8-17-19(12-14)28-18(9-10-21(28)27-17)16-4-2-3-5-20(16)30-23(24)25/h2-8,11-13,18,23H,9-10H2,1H3. The van der Waals surface area contributed by atoms with E-state index >= 15 is 0 Å². The van der Waals surface area contributed by atoms with Crippen LogP contribution in [0.25, 0.3) is 22.2 Å². The van der Waals surface area contributed by atoms with Crippen LogP contribution in [0.15, 0.2) is 60.8 Å². The Labute approximate surface area is 171 Å². The highest BCUT2D eigenvalue weighted by Crippen LogP contribution is 2.40. The highest BCUT2D eigenvalue weighted by atomic mass is 19.3. The number of pyridine rings is 1. The van der Waals surface area contributed by atoms with E-state index < -0.39 is 6.61 Å². The van der Waals surface area contributed by atoms with E-state index in [1.54, 1.807) is 25.4 Å². The maximum Gasteiger partial charge on any atom is 0.387 e. The fourth-order valence-electron chi connectivity index (χ4n) is 4.17. The van der Waals surface area contributed by atoms with Gasteiger partial charge in [0.1, 0.15) is 11.6 Å². The lowest BCUT2D eigenvalue weighted by molar-refractivity contribution is -0.0506. The van der Waals surface area contributed by atoms with Gasteiger partial charge in [-0.1, -0.05) is 24.3 Å². The molecule has 0 amide bonds. The summed E-state index contributed by atoms with van der Waals surface area (Å²) >= 11 is 0. The summed E-state index contributed by atoms with van der Waals surface area (Å²) in [6.45, 7) is -2.86. The van der Waals surface area contributed by atoms with Crippen LogP contribution in [0.1, 0.15) is 23.9 Å². The topological polar surface area (TPSA) is 49.2 Å². The largest absolute Gasteiger partial charge is 0.481 e. The highest BCUT2D eigenvalue weighted by Gasteiger charge is 2.29. The normalized spacial score (nSPS) is 15.5. The van der Waals surface area contributed by atoms with Crippen molar-refractivity contribution in [2.75, 3.05) is 7.11 Å². The van der Waals surface area contributed by atoms with Crippen LogP contribution in [0.2, 0.25) is 0 Å². The van der Waals surface area contributed by atoms with Gasteiger partial charge in [0.05, 0.1) is 24.2 Å². The van der Waals surface area contributed by atoms with Crippen LogP contribution in [-0.4, -0.2) is 28.3 Å². The van der Waals surface area contributed by atoms with Crippen molar-refractivity contribution in [3.05, 3.63) is 72.2 Å². The average Bonchev–Trinajstić information content (AvgIpc) is 3.33. The quantitative estimate of drug-likeness (QED) is 0.454. The zero-order valence-electron chi connectivity index (χ0n) is 16.3. The van der Waals surface area contributed by atoms with Gasteiger partial charge in [0, 0.05) is 29.8 Å². The Morgan fingerprint density at radius 2 is 1.90 bits per heavy atom. The molecule has 0 aliphatic carbocycles. The molecule has 0 fully saturated rings. The van der Waals surface area contributed by atoms with Gasteiger partial charge < -0.3 is 14.0 Å². The van der Waals surface area contributed by atoms with Crippen molar-refractivity contribution in [1.29, 1.82) is 0 Å². The minimum absolute atomic E-state index is 0.107. The van der Waals surface area contributed by atoms with Crippen LogP contribution in [0, 0.1) is 0 Å². The monoisotopic (exact) mass is 407 g/mol. The molecular formula is C23H19F2N3O2. The fourth-order valence-corrected chi connectivity index (χ4v) is 4.17. The predicted octanol–water partition coefficient (Wildman–Crippen LogP) is 5.24. The van der Waals surface area contributed by atoms with Crippen molar-refractivity contribution in [3.63, 3.8) is 0 Å². The molecule has 1 aliphatic rings. The minimum atomic E-state index is -2.86. The second-order valence-electron chi connectivity index (χ2n) is 7.16. The van der Waals surface area contributed by atoms with Crippen LogP contribution in [-0.2, 0) is 6.42 Å². The lowest BCUT2D eigenvalue weighted by Gasteiger charge is -2.19. The fraction of sp³-hybridized carbons (Fsp3) is 0.217. The minimum Gasteiger partial charge on any atom is -0.481 e. The Morgan fingerprint density at radius 3 is 2.67 bits per heavy atom. The Hall–Kier alpha value is -3.48. The summed E-state index contributed by atoms with van der Waals surface area (Å²) in [5, 5.41) is 0. The number of benzene rings is 2. The number of alkyl halides is 2. The van der Waals surface area contributed by atoms with E-state index in [-0.39, 0.29) is 11.8 Å². The molecule has 0 spiro atoms. The summed E-state index contributed by atoms with van der Waals surface area (Å²) in [4.78, 5) is 9.04. The number of imidazole rings is 1. The van der Waals surface area contributed by atoms with E-state index in [0.29, 0.717) is 5.88 Å². The summed E-state index contributed by atoms with van der Waals surface area (Å²) in [5.41, 5.74) is 4.56. The molecule has 7 heteroatoms. The van der Waals surface area contributed by atoms with Gasteiger partial charge in [-0.2, -0.15) is 8.78 Å². The second-order valence-corrected chi connectivity index (χ2v) is 7.16. The maximum absolute atomic E-state index is 12.9. The molecule has 2 aromatic carbocycles. The van der Waals surface area contributed by atoms with Gasteiger partial charge in [-0.25, -0.2) is 9.97 Å². The number of nitrogens with zero attached hydrogens (tertiary/aromatic N) is 3. The van der Waals surface area contributed by atoms with Gasteiger partial charge in [-0.3, -0.25) is 0 Å². The van der Waals surface area contributed by atoms with Crippen LogP contribution in [0.4, 0.5) is 8.78 Å². The molecule has 152 valence electrons. The molecular weight excluding hydrogens is 388 g/mol. The molecule has 1 unspecified atom stereocenters. The predicted molar refractivity (Wildman–Crippen MR) is 109 cm³/mol. The molecule has 1 atom stereocenters. The smallest absolute Gasteiger partial charge is 0.387 e. The molecule has 2 aromatic heterocycles. The third-order valence-corrected chi connectivity index (χ3v) is 5.49. The van der Waals surface area contributed by atoms with Gasteiger partial charge in [0.15, 0.2) is 0 Å². The number of hydrogen-bond acceptors (Lipinski definition) is 4. The van der Waals surface area contributed by atoms with E-state index in [1.807, 2.05) is 36.4 Å². The van der Waals surface area contributed by atoms with Gasteiger partial charge in [0.25, 0.3) is 0 Å². The zero-order chi connectivity index (χ0) is 20.7. The third kappa shape index (κ3) is 3.16. The molecule has 0 radical (unpaired) electrons. The lowest BCUT2D eigenvalue weighted by atomic mass is 10.0. The van der Waals surface area contributed by atoms with Crippen LogP contribution < -0.4 is 9.47 Å². The first kappa shape index (κ1) is 18.5. The van der Waals surface area contributed by atoms with Gasteiger partial charge in [-0.05, 0) is 36.2 Å². The van der Waals surface area contributed by atoms with E-state index in [2.05, 4.69) is 15.6 Å². The summed E-state index contributed by atoms with van der Waals surface area (Å²) in [7, 11) is 1.58. The summed E-state index contributed by atoms with van der Waals surface area (Å²) in [6.07, 6.45) is 3.34. The maximum atomic E-state index is 12.9. The lowest BCUT2D eigenvalue weighted by Crippen LogP contribution is -2.10. The highest BCUT2D eigenvalue weighted by molar-refractivity contribution is 5.83. The second kappa shape index (κ2) is 7.40. The zero-order valence-corrected chi connectivity index (χ0v) is 16.3. The number of methoxy groups -OCH3 is 1. The molecule has 5 nitrogen and oxygen atoms in total. The van der Waals surface area contributed by atoms with E-state index in [0.717, 1.165) is 46.4 Å². The molecule has 0 bridgehead atoms. The first-order valence-electron chi connectivity index (χ1n) is 9.69. The number of fused-ring (bicyclic) bond motifs is 3. The average molecular weight is 407 g/mol. The van der Waals surface area contributed by atoms with Gasteiger partial charge in [0.2, 0.25) is 5.88 Å². The van der Waals surface area contributed by atoms with E-state index in [4.69, 9.17) is 14.5 Å². The summed E-state index contributed by atoms with van der Waals surface area (Å²) in [6, 6.07) is 16.7. The number of aryl methyl sites for hydroxylation is 1. The molecule has 30 heavy (non-hydrogen) atoms. The SMILES string of the molecule is COc1ccc(-c2ccc3nc4n(c3c2)C(c2ccccc2OC(F)F)CC4)cn1. The number of para-hydroxylation sites is 1. The molecule has 4 aromatic rings. The van der Waals surface area contributed by atoms with Crippen LogP contribution >= 0.6 is 0 Å². The molecule has 1 aliphatic heterocycles. The van der Waals surface area contributed by atoms with Crippen molar-refractivity contribution < 1.29 is 18.3 Å². The Balaban J connectivity index is 1.60. The van der Waals surface area contributed by atoms with E-state index in [1.165, 1.54) is 0 Å². The van der Waals surface area contributed by atoms with Crippen molar-refractivity contribution in [3.8, 4) is 22.8 Å². The Bertz CT molecular complexity index is 1210. The van der Waals surface area contributed by atoms with Crippen molar-refractivity contribution in [2.24, 2.45) is 0 Å². The summed E-state index contributed by atoms with van der Waals surface area (Å²) < 4.78 is 37.9. The number of hydrogen-bond donors (Lipinski definition) is 0. The summed E-state index contributed by atoms with van der Waals surface area (Å²) in [5.74, 6) is 1.72. The van der Waals surface area contributed by atoms with Gasteiger partial charge >= 0.3 is 6.61 Å². The molecule has 0 saturated carbocycles. The molecule has 5 rings (SSSR count). The van der Waals surface area contributed by atoms with Gasteiger partial charge in [-0.15, -0.1) is 0 Å². The number of halogens is 2. The first-order valence-corrected chi connectivity index (χ1v) is 9.69. The third-order valence-electron chi connectivity index (χ3n) is 5.49. The Kier molecular flexibility index (Phi) is 4.58. The van der Waals surface area contributed by atoms with Crippen molar-refractivity contribution in [2.45, 2.75) is 25.5 Å². The number of ether oxygens (including phenoxy) is 2. The van der Waals surface area contributed by atoms with Crippen molar-refractivity contribution in [1.82, 2.24) is 14.5 Å². The van der Waals surface area contributed by atoms with Crippen LogP contribution in [0.5, 0.6) is 11.6 Å². The first-order chi connectivity index (χ1) is 14.6. The molecule has 0 saturated heterocycles. The molecule has 3 heterocycles.